The zero-order valence-electron chi connectivity index (χ0n) is 12.1. The first kappa shape index (κ1) is 16.0. The molecule has 0 spiro atoms. The average molecular weight is 361 g/mol. The summed E-state index contributed by atoms with van der Waals surface area (Å²) in [6, 6.07) is 1.70. The van der Waals surface area contributed by atoms with E-state index in [1.54, 1.807) is 29.2 Å². The lowest BCUT2D eigenvalue weighted by molar-refractivity contribution is -0.117. The monoisotopic (exact) mass is 361 g/mol. The highest BCUT2D eigenvalue weighted by Crippen LogP contribution is 2.21. The van der Waals surface area contributed by atoms with Gasteiger partial charge in [-0.1, -0.05) is 0 Å². The molecule has 3 rings (SSSR count). The van der Waals surface area contributed by atoms with Gasteiger partial charge in [-0.2, -0.15) is 0 Å². The fourth-order valence-electron chi connectivity index (χ4n) is 1.68. The van der Waals surface area contributed by atoms with Crippen LogP contribution in [-0.2, 0) is 11.2 Å². The van der Waals surface area contributed by atoms with Crippen LogP contribution in [0.2, 0.25) is 0 Å². The number of rotatable bonds is 6. The van der Waals surface area contributed by atoms with Gasteiger partial charge in [0, 0.05) is 23.2 Å². The molecular formula is C13H11N7O2S2. The molecule has 0 aliphatic heterocycles. The Morgan fingerprint density at radius 1 is 1.08 bits per heavy atom. The first-order valence-corrected chi connectivity index (χ1v) is 8.40. The third kappa shape index (κ3) is 4.08. The molecule has 0 radical (unpaired) electrons. The maximum atomic E-state index is 12.2. The molecule has 3 aromatic heterocycles. The first-order chi connectivity index (χ1) is 11.6. The number of aromatic nitrogens is 4. The van der Waals surface area contributed by atoms with Crippen LogP contribution in [0.15, 0.2) is 29.2 Å². The zero-order chi connectivity index (χ0) is 16.9. The number of amides is 2. The van der Waals surface area contributed by atoms with Crippen LogP contribution in [0.25, 0.3) is 0 Å². The Morgan fingerprint density at radius 2 is 1.83 bits per heavy atom. The zero-order valence-corrected chi connectivity index (χ0v) is 13.7. The predicted molar refractivity (Wildman–Crippen MR) is 90.4 cm³/mol. The van der Waals surface area contributed by atoms with Crippen LogP contribution in [-0.4, -0.2) is 31.8 Å². The van der Waals surface area contributed by atoms with Gasteiger partial charge in [-0.25, -0.2) is 19.9 Å². The normalized spacial score (nSPS) is 10.3. The van der Waals surface area contributed by atoms with Gasteiger partial charge in [0.15, 0.2) is 10.3 Å². The lowest BCUT2D eigenvalue weighted by Gasteiger charge is -1.99. The van der Waals surface area contributed by atoms with Crippen molar-refractivity contribution >= 4 is 50.7 Å². The van der Waals surface area contributed by atoms with E-state index in [0.29, 0.717) is 21.9 Å². The number of primary amides is 1. The number of carbonyl (C=O) groups is 2. The fourth-order valence-corrected chi connectivity index (χ4v) is 3.07. The summed E-state index contributed by atoms with van der Waals surface area (Å²) in [6.07, 6.45) is 3.24. The van der Waals surface area contributed by atoms with Gasteiger partial charge in [0.2, 0.25) is 11.9 Å². The van der Waals surface area contributed by atoms with Gasteiger partial charge in [0.1, 0.15) is 5.69 Å². The minimum Gasteiger partial charge on any atom is -0.369 e. The van der Waals surface area contributed by atoms with Crippen molar-refractivity contribution < 1.29 is 9.59 Å². The molecule has 11 heteroatoms. The van der Waals surface area contributed by atoms with Gasteiger partial charge in [-0.3, -0.25) is 14.9 Å². The largest absolute Gasteiger partial charge is 0.369 e. The molecule has 0 unspecified atom stereocenters. The van der Waals surface area contributed by atoms with Crippen molar-refractivity contribution in [3.8, 4) is 0 Å². The molecule has 0 atom stereocenters. The number of carbonyl (C=O) groups excluding carboxylic acids is 2. The van der Waals surface area contributed by atoms with E-state index in [1.165, 1.54) is 22.7 Å². The molecular weight excluding hydrogens is 350 g/mol. The van der Waals surface area contributed by atoms with Crippen LogP contribution in [0.4, 0.5) is 16.2 Å². The summed E-state index contributed by atoms with van der Waals surface area (Å²) in [5, 5.41) is 9.70. The molecule has 0 saturated carbocycles. The van der Waals surface area contributed by atoms with E-state index in [2.05, 4.69) is 30.6 Å². The molecule has 0 aromatic carbocycles. The van der Waals surface area contributed by atoms with Crippen LogP contribution >= 0.6 is 22.7 Å². The maximum absolute atomic E-state index is 12.2. The minimum absolute atomic E-state index is 0.0359. The van der Waals surface area contributed by atoms with E-state index in [4.69, 9.17) is 5.73 Å². The maximum Gasteiger partial charge on any atom is 0.276 e. The van der Waals surface area contributed by atoms with Crippen LogP contribution in [0.3, 0.4) is 0 Å². The lowest BCUT2D eigenvalue weighted by atomic mass is 10.3. The van der Waals surface area contributed by atoms with Crippen molar-refractivity contribution in [3.63, 3.8) is 0 Å². The molecule has 24 heavy (non-hydrogen) atoms. The molecule has 0 bridgehead atoms. The molecule has 0 fully saturated rings. The Kier molecular flexibility index (Phi) is 4.72. The van der Waals surface area contributed by atoms with E-state index >= 15 is 0 Å². The molecule has 4 N–H and O–H groups in total. The summed E-state index contributed by atoms with van der Waals surface area (Å²) in [5.41, 5.74) is 5.86. The molecule has 0 aliphatic carbocycles. The summed E-state index contributed by atoms with van der Waals surface area (Å²) < 4.78 is 0. The van der Waals surface area contributed by atoms with Gasteiger partial charge >= 0.3 is 0 Å². The Bertz CT molecular complexity index is 862. The predicted octanol–water partition coefficient (Wildman–Crippen LogP) is 1.41. The Hall–Kier alpha value is -2.92. The van der Waals surface area contributed by atoms with E-state index < -0.39 is 11.8 Å². The summed E-state index contributed by atoms with van der Waals surface area (Å²) in [6.45, 7) is 0. The minimum atomic E-state index is -0.475. The lowest BCUT2D eigenvalue weighted by Crippen LogP contribution is -2.14. The number of hydrogen-bond donors (Lipinski definition) is 3. The van der Waals surface area contributed by atoms with Gasteiger partial charge < -0.3 is 11.1 Å². The van der Waals surface area contributed by atoms with E-state index in [9.17, 15) is 9.59 Å². The highest BCUT2D eigenvalue weighted by molar-refractivity contribution is 7.14. The molecule has 0 saturated heterocycles. The third-order valence-corrected chi connectivity index (χ3v) is 4.21. The molecule has 3 aromatic rings. The van der Waals surface area contributed by atoms with Crippen molar-refractivity contribution in [1.82, 2.24) is 19.9 Å². The van der Waals surface area contributed by atoms with Crippen molar-refractivity contribution in [1.29, 1.82) is 0 Å². The highest BCUT2D eigenvalue weighted by atomic mass is 32.1. The summed E-state index contributed by atoms with van der Waals surface area (Å²) >= 11 is 2.47. The summed E-state index contributed by atoms with van der Waals surface area (Å²) in [5.74, 6) is -0.473. The van der Waals surface area contributed by atoms with Crippen LogP contribution in [0, 0.1) is 0 Å². The number of hydrogen-bond acceptors (Lipinski definition) is 9. The smallest absolute Gasteiger partial charge is 0.276 e. The summed E-state index contributed by atoms with van der Waals surface area (Å²) in [4.78, 5) is 39.3. The Balaban J connectivity index is 1.63. The number of thiazole rings is 2. The van der Waals surface area contributed by atoms with E-state index in [-0.39, 0.29) is 12.1 Å². The first-order valence-electron chi connectivity index (χ1n) is 6.64. The fraction of sp³-hybridized carbons (Fsp3) is 0.0769. The quantitative estimate of drug-likeness (QED) is 0.604. The van der Waals surface area contributed by atoms with Crippen LogP contribution < -0.4 is 16.4 Å². The Morgan fingerprint density at radius 3 is 2.58 bits per heavy atom. The second kappa shape index (κ2) is 7.10. The van der Waals surface area contributed by atoms with Crippen LogP contribution in [0.5, 0.6) is 0 Å². The van der Waals surface area contributed by atoms with Gasteiger partial charge in [-0.05, 0) is 6.07 Å². The van der Waals surface area contributed by atoms with Crippen LogP contribution in [0.1, 0.15) is 16.2 Å². The van der Waals surface area contributed by atoms with Crippen molar-refractivity contribution in [2.45, 2.75) is 6.42 Å². The number of anilines is 3. The molecule has 9 nitrogen and oxygen atoms in total. The highest BCUT2D eigenvalue weighted by Gasteiger charge is 2.14. The van der Waals surface area contributed by atoms with E-state index in [0.717, 1.165) is 0 Å². The van der Waals surface area contributed by atoms with Gasteiger partial charge in [0.25, 0.3) is 5.91 Å². The number of nitrogens with one attached hydrogen (secondary N) is 2. The van der Waals surface area contributed by atoms with Crippen molar-refractivity contribution in [2.75, 3.05) is 10.6 Å². The Labute approximate surface area is 144 Å². The topological polar surface area (TPSA) is 136 Å². The van der Waals surface area contributed by atoms with Crippen molar-refractivity contribution in [3.05, 3.63) is 40.6 Å². The third-order valence-electron chi connectivity index (χ3n) is 2.65. The number of nitrogens with zero attached hydrogens (tertiary/aromatic N) is 4. The van der Waals surface area contributed by atoms with Gasteiger partial charge in [-0.15, -0.1) is 22.7 Å². The second-order valence-electron chi connectivity index (χ2n) is 4.48. The summed E-state index contributed by atoms with van der Waals surface area (Å²) in [7, 11) is 0. The molecule has 3 heterocycles. The second-order valence-corrected chi connectivity index (χ2v) is 6.19. The molecule has 2 amide bonds. The average Bonchev–Trinajstić information content (AvgIpc) is 3.17. The molecule has 122 valence electrons. The standard InChI is InChI=1S/C13H11N7O2S2/c14-9(21)4-7-5-23-12(17-7)19-10(22)8-6-24-13(18-8)20-11-15-2-1-3-16-11/h1-3,5-6H,4H2,(H2,14,21)(H,17,19,22)(H,15,16,18,20). The molecule has 0 aliphatic rings. The SMILES string of the molecule is NC(=O)Cc1csc(NC(=O)c2csc(Nc3ncccn3)n2)n1. The van der Waals surface area contributed by atoms with Gasteiger partial charge in [0.05, 0.1) is 12.1 Å². The van der Waals surface area contributed by atoms with E-state index in [1.807, 2.05) is 0 Å². The number of nitrogens with two attached hydrogens (primary N) is 1. The van der Waals surface area contributed by atoms with Crippen molar-refractivity contribution in [2.24, 2.45) is 5.73 Å².